The zero-order valence-corrected chi connectivity index (χ0v) is 12.0. The quantitative estimate of drug-likeness (QED) is 0.438. The molecule has 0 aromatic heterocycles. The Bertz CT molecular complexity index is 317. The van der Waals surface area contributed by atoms with Gasteiger partial charge in [0.25, 0.3) is 0 Å². The molecule has 0 aliphatic carbocycles. The van der Waals surface area contributed by atoms with Gasteiger partial charge in [-0.15, -0.1) is 0 Å². The first kappa shape index (κ1) is 15.9. The second kappa shape index (κ2) is 9.75. The first-order valence-corrected chi connectivity index (χ1v) is 7.00. The summed E-state index contributed by atoms with van der Waals surface area (Å²) >= 11 is 0. The highest BCUT2D eigenvalue weighted by Crippen LogP contribution is 2.04. The molecular formula is C15H25NO3. The number of hydrogen-bond donors (Lipinski definition) is 1. The Morgan fingerprint density at radius 2 is 2.11 bits per heavy atom. The monoisotopic (exact) mass is 267 g/mol. The van der Waals surface area contributed by atoms with E-state index in [4.69, 9.17) is 9.47 Å². The molecule has 0 bridgehead atoms. The number of allylic oxidation sites excluding steroid dienone is 3. The van der Waals surface area contributed by atoms with Gasteiger partial charge in [-0.25, -0.2) is 0 Å². The van der Waals surface area contributed by atoms with Crippen molar-refractivity contribution in [3.05, 3.63) is 23.8 Å². The van der Waals surface area contributed by atoms with Crippen molar-refractivity contribution >= 4 is 5.91 Å². The molecule has 1 N–H and O–H groups in total. The van der Waals surface area contributed by atoms with Crippen LogP contribution in [0.5, 0.6) is 0 Å². The molecular weight excluding hydrogens is 242 g/mol. The topological polar surface area (TPSA) is 47.6 Å². The Hall–Kier alpha value is -1.13. The summed E-state index contributed by atoms with van der Waals surface area (Å²) in [6.45, 7) is 6.38. The lowest BCUT2D eigenvalue weighted by Crippen LogP contribution is -2.35. The van der Waals surface area contributed by atoms with E-state index in [-0.39, 0.29) is 11.8 Å². The predicted molar refractivity (Wildman–Crippen MR) is 75.7 cm³/mol. The standard InChI is InChI=1S/C15H25NO3/c1-3-4-5-6-7-13(2)8-15(17)16-9-14-10-18-12-19-11-14/h6-8,14H,3-5,9-12H2,1-2H3,(H,16,17). The molecule has 0 atom stereocenters. The minimum Gasteiger partial charge on any atom is -0.355 e. The highest BCUT2D eigenvalue weighted by molar-refractivity contribution is 5.88. The molecule has 1 heterocycles. The molecule has 4 heteroatoms. The number of carbonyl (C=O) groups is 1. The van der Waals surface area contributed by atoms with Crippen LogP contribution in [0.2, 0.25) is 0 Å². The third kappa shape index (κ3) is 7.80. The van der Waals surface area contributed by atoms with Crippen molar-refractivity contribution in [3.8, 4) is 0 Å². The Labute approximate surface area is 115 Å². The molecule has 0 saturated carbocycles. The number of amides is 1. The third-order valence-electron chi connectivity index (χ3n) is 2.90. The van der Waals surface area contributed by atoms with Crippen molar-refractivity contribution in [3.63, 3.8) is 0 Å². The van der Waals surface area contributed by atoms with Crippen LogP contribution in [0.25, 0.3) is 0 Å². The van der Waals surface area contributed by atoms with E-state index in [0.717, 1.165) is 12.0 Å². The molecule has 0 radical (unpaired) electrons. The minimum atomic E-state index is -0.0526. The van der Waals surface area contributed by atoms with E-state index in [9.17, 15) is 4.79 Å². The molecule has 0 spiro atoms. The van der Waals surface area contributed by atoms with Crippen molar-refractivity contribution in [2.24, 2.45) is 5.92 Å². The van der Waals surface area contributed by atoms with Crippen LogP contribution in [0.4, 0.5) is 0 Å². The summed E-state index contributed by atoms with van der Waals surface area (Å²) in [5, 5.41) is 2.88. The number of unbranched alkanes of at least 4 members (excludes halogenated alkanes) is 2. The van der Waals surface area contributed by atoms with Crippen LogP contribution in [-0.4, -0.2) is 32.5 Å². The van der Waals surface area contributed by atoms with Gasteiger partial charge in [-0.3, -0.25) is 4.79 Å². The number of carbonyl (C=O) groups excluding carboxylic acids is 1. The van der Waals surface area contributed by atoms with Crippen molar-refractivity contribution in [1.29, 1.82) is 0 Å². The second-order valence-corrected chi connectivity index (χ2v) is 4.90. The zero-order valence-electron chi connectivity index (χ0n) is 12.0. The lowest BCUT2D eigenvalue weighted by molar-refractivity contribution is -0.128. The molecule has 1 amide bonds. The van der Waals surface area contributed by atoms with Gasteiger partial charge in [0.1, 0.15) is 6.79 Å². The fourth-order valence-electron chi connectivity index (χ4n) is 1.80. The Balaban J connectivity index is 2.22. The van der Waals surface area contributed by atoms with Crippen LogP contribution in [0.1, 0.15) is 33.1 Å². The van der Waals surface area contributed by atoms with Crippen molar-refractivity contribution in [1.82, 2.24) is 5.32 Å². The Morgan fingerprint density at radius 1 is 1.37 bits per heavy atom. The van der Waals surface area contributed by atoms with Gasteiger partial charge < -0.3 is 14.8 Å². The van der Waals surface area contributed by atoms with E-state index >= 15 is 0 Å². The minimum absolute atomic E-state index is 0.0526. The fourth-order valence-corrected chi connectivity index (χ4v) is 1.80. The van der Waals surface area contributed by atoms with Crippen LogP contribution in [0.3, 0.4) is 0 Å². The molecule has 1 aliphatic rings. The van der Waals surface area contributed by atoms with E-state index in [1.54, 1.807) is 6.08 Å². The first-order valence-electron chi connectivity index (χ1n) is 7.00. The van der Waals surface area contributed by atoms with Crippen LogP contribution >= 0.6 is 0 Å². The average molecular weight is 267 g/mol. The molecule has 19 heavy (non-hydrogen) atoms. The summed E-state index contributed by atoms with van der Waals surface area (Å²) in [7, 11) is 0. The maximum atomic E-state index is 11.7. The third-order valence-corrected chi connectivity index (χ3v) is 2.90. The van der Waals surface area contributed by atoms with Crippen molar-refractivity contribution in [2.75, 3.05) is 26.6 Å². The maximum absolute atomic E-state index is 11.7. The predicted octanol–water partition coefficient (Wildman–Crippen LogP) is 2.42. The van der Waals surface area contributed by atoms with Gasteiger partial charge in [0.05, 0.1) is 13.2 Å². The van der Waals surface area contributed by atoms with Gasteiger partial charge in [-0.1, -0.05) is 31.9 Å². The Morgan fingerprint density at radius 3 is 2.79 bits per heavy atom. The van der Waals surface area contributed by atoms with E-state index in [1.165, 1.54) is 12.8 Å². The lowest BCUT2D eigenvalue weighted by atomic mass is 10.1. The second-order valence-electron chi connectivity index (χ2n) is 4.90. The summed E-state index contributed by atoms with van der Waals surface area (Å²) in [4.78, 5) is 11.7. The largest absolute Gasteiger partial charge is 0.355 e. The van der Waals surface area contributed by atoms with E-state index in [1.807, 2.05) is 13.0 Å². The number of hydrogen-bond acceptors (Lipinski definition) is 3. The molecule has 0 unspecified atom stereocenters. The van der Waals surface area contributed by atoms with Gasteiger partial charge in [0, 0.05) is 18.5 Å². The zero-order chi connectivity index (χ0) is 13.9. The van der Waals surface area contributed by atoms with Crippen LogP contribution in [-0.2, 0) is 14.3 Å². The number of ether oxygens (including phenoxy) is 2. The molecule has 1 rings (SSSR count). The highest BCUT2D eigenvalue weighted by atomic mass is 16.7. The average Bonchev–Trinajstić information content (AvgIpc) is 2.42. The molecule has 1 saturated heterocycles. The van der Waals surface area contributed by atoms with Crippen molar-refractivity contribution < 1.29 is 14.3 Å². The summed E-state index contributed by atoms with van der Waals surface area (Å²) in [6, 6.07) is 0. The first-order chi connectivity index (χ1) is 9.22. The summed E-state index contributed by atoms with van der Waals surface area (Å²) < 4.78 is 10.3. The molecule has 108 valence electrons. The van der Waals surface area contributed by atoms with Gasteiger partial charge in [-0.05, 0) is 18.9 Å². The van der Waals surface area contributed by atoms with Gasteiger partial charge in [0.2, 0.25) is 5.91 Å². The normalized spacial score (nSPS) is 17.9. The molecule has 0 aromatic carbocycles. The summed E-state index contributed by atoms with van der Waals surface area (Å²) in [5.41, 5.74) is 0.977. The molecule has 1 aliphatic heterocycles. The SMILES string of the molecule is CCCCC=CC(C)=CC(=O)NCC1COCOC1. The smallest absolute Gasteiger partial charge is 0.244 e. The lowest BCUT2D eigenvalue weighted by Gasteiger charge is -2.22. The fraction of sp³-hybridized carbons (Fsp3) is 0.667. The van der Waals surface area contributed by atoms with E-state index in [2.05, 4.69) is 18.3 Å². The molecule has 0 aromatic rings. The van der Waals surface area contributed by atoms with E-state index in [0.29, 0.717) is 26.6 Å². The molecule has 4 nitrogen and oxygen atoms in total. The van der Waals surface area contributed by atoms with Gasteiger partial charge in [0.15, 0.2) is 0 Å². The maximum Gasteiger partial charge on any atom is 0.244 e. The van der Waals surface area contributed by atoms with Crippen molar-refractivity contribution in [2.45, 2.75) is 33.1 Å². The van der Waals surface area contributed by atoms with E-state index < -0.39 is 0 Å². The van der Waals surface area contributed by atoms with Gasteiger partial charge in [-0.2, -0.15) is 0 Å². The van der Waals surface area contributed by atoms with Crippen LogP contribution in [0.15, 0.2) is 23.8 Å². The van der Waals surface area contributed by atoms with Gasteiger partial charge >= 0.3 is 0 Å². The molecule has 1 fully saturated rings. The summed E-state index contributed by atoms with van der Waals surface area (Å²) in [6.07, 6.45) is 9.21. The number of rotatable bonds is 7. The Kier molecular flexibility index (Phi) is 8.18. The van der Waals surface area contributed by atoms with Crippen LogP contribution < -0.4 is 5.32 Å². The summed E-state index contributed by atoms with van der Waals surface area (Å²) in [5.74, 6) is 0.203. The number of nitrogens with one attached hydrogen (secondary N) is 1. The van der Waals surface area contributed by atoms with Crippen LogP contribution in [0, 0.1) is 5.92 Å². The highest BCUT2D eigenvalue weighted by Gasteiger charge is 2.14.